The minimum atomic E-state index is -3.24. The Labute approximate surface area is 463 Å². The van der Waals surface area contributed by atoms with Gasteiger partial charge in [-0.3, -0.25) is 0 Å². The second-order valence-corrected chi connectivity index (χ2v) is 26.6. The van der Waals surface area contributed by atoms with E-state index in [4.69, 9.17) is 8.83 Å². The van der Waals surface area contributed by atoms with E-state index in [0.717, 1.165) is 72.2 Å². The summed E-state index contributed by atoms with van der Waals surface area (Å²) in [6.07, 6.45) is 0. The number of rotatable bonds is 7. The van der Waals surface area contributed by atoms with Gasteiger partial charge in [0.05, 0.1) is 11.1 Å². The van der Waals surface area contributed by atoms with Gasteiger partial charge in [-0.05, 0) is 129 Å². The molecule has 0 radical (unpaired) electrons. The third kappa shape index (κ3) is 6.64. The molecule has 0 spiro atoms. The molecule has 5 heterocycles. The number of hydrogen-bond acceptors (Lipinski definition) is 6. The molecule has 370 valence electrons. The molecule has 79 heavy (non-hydrogen) atoms. The largest absolute Gasteiger partial charge is 0.456 e. The summed E-state index contributed by atoms with van der Waals surface area (Å²) < 4.78 is 19.1. The van der Waals surface area contributed by atoms with Crippen LogP contribution in [0.1, 0.15) is 0 Å². The number of benzene rings is 12. The van der Waals surface area contributed by atoms with Crippen LogP contribution in [0.5, 0.6) is 0 Å². The minimum absolute atomic E-state index is 0.819. The highest BCUT2D eigenvalue weighted by Gasteiger charge is 2.50. The Balaban J connectivity index is 0.935. The topological polar surface area (TPSA) is 32.8 Å². The first-order valence-corrected chi connectivity index (χ1v) is 30.4. The third-order valence-electron chi connectivity index (χ3n) is 16.5. The molecule has 0 amide bonds. The Morgan fingerprint density at radius 1 is 0.329 bits per heavy atom. The third-order valence-corrected chi connectivity index (χ3v) is 23.6. The summed E-state index contributed by atoms with van der Waals surface area (Å²) in [4.78, 5) is 4.87. The number of furan rings is 2. The van der Waals surface area contributed by atoms with E-state index in [-0.39, 0.29) is 0 Å². The van der Waals surface area contributed by atoms with Crippen LogP contribution in [0.2, 0.25) is 0 Å². The van der Waals surface area contributed by atoms with Crippen LogP contribution < -0.4 is 30.5 Å². The fourth-order valence-electron chi connectivity index (χ4n) is 13.1. The summed E-state index contributed by atoms with van der Waals surface area (Å²) in [6, 6.07) is 98.5. The summed E-state index contributed by atoms with van der Waals surface area (Å²) >= 11 is 3.78. The lowest BCUT2D eigenvalue weighted by atomic mass is 10.0. The molecule has 0 saturated heterocycles. The molecule has 1 aliphatic rings. The van der Waals surface area contributed by atoms with Crippen LogP contribution in [0.4, 0.5) is 34.1 Å². The van der Waals surface area contributed by atoms with Crippen molar-refractivity contribution in [3.8, 4) is 11.1 Å². The Morgan fingerprint density at radius 3 is 1.62 bits per heavy atom. The van der Waals surface area contributed by atoms with Crippen molar-refractivity contribution in [2.75, 3.05) is 9.80 Å². The lowest BCUT2D eigenvalue weighted by molar-refractivity contribution is 0.669. The molecule has 0 saturated carbocycles. The summed E-state index contributed by atoms with van der Waals surface area (Å²) in [5.41, 5.74) is 12.2. The van der Waals surface area contributed by atoms with Gasteiger partial charge in [0, 0.05) is 91.0 Å². The molecule has 4 nitrogen and oxygen atoms in total. The fourth-order valence-corrected chi connectivity index (χ4v) is 20.6. The molecule has 17 rings (SSSR count). The normalized spacial score (nSPS) is 13.1. The van der Waals surface area contributed by atoms with Gasteiger partial charge in [0.25, 0.3) is 0 Å². The molecule has 0 fully saturated rings. The Bertz CT molecular complexity index is 5000. The number of para-hydroxylation sites is 3. The molecule has 0 atom stereocenters. The van der Waals surface area contributed by atoms with Gasteiger partial charge in [0.2, 0.25) is 0 Å². The number of fused-ring (bicyclic) bond motifs is 14. The molecular weight excluding hydrogens is 1020 g/mol. The van der Waals surface area contributed by atoms with Gasteiger partial charge in [0.1, 0.15) is 22.3 Å². The van der Waals surface area contributed by atoms with Crippen LogP contribution >= 0.6 is 22.7 Å². The molecule has 1 aliphatic heterocycles. The van der Waals surface area contributed by atoms with Crippen LogP contribution in [0.25, 0.3) is 95.3 Å². The molecular formula is C72H44N2O2S2Si. The molecule has 0 bridgehead atoms. The van der Waals surface area contributed by atoms with E-state index in [1.807, 2.05) is 28.7 Å². The molecule has 12 aromatic carbocycles. The van der Waals surface area contributed by atoms with Crippen LogP contribution in [-0.2, 0) is 0 Å². The highest BCUT2D eigenvalue weighted by molar-refractivity contribution is 7.27. The van der Waals surface area contributed by atoms with Crippen molar-refractivity contribution in [1.82, 2.24) is 0 Å². The van der Waals surface area contributed by atoms with E-state index in [1.54, 1.807) is 0 Å². The first-order chi connectivity index (χ1) is 39.1. The van der Waals surface area contributed by atoms with Crippen molar-refractivity contribution in [3.63, 3.8) is 0 Å². The van der Waals surface area contributed by atoms with E-state index in [0.29, 0.717) is 0 Å². The standard InChI is InChI=1S/C72H44N2O2S2Si/c1-3-16-45(17-4-1)46-30-32-48(33-31-46)73(60-24-15-26-63-72(60)57-22-7-11-25-62(57)75-63)49-34-37-52-58-43-61-71(44-65(58)76-64(52)40-49)79(50-35-38-55-53-20-8-12-27-66(53)77-68(55)41-50,51-36-39-56-54-21-9-13-28-67(54)78-69(56)42-51)70-29-14-10-23-59(70)74(61)47-18-5-2-6-19-47/h1-44H. The second kappa shape index (κ2) is 17.3. The van der Waals surface area contributed by atoms with Gasteiger partial charge in [-0.15, -0.1) is 22.7 Å². The van der Waals surface area contributed by atoms with Gasteiger partial charge >= 0.3 is 0 Å². The van der Waals surface area contributed by atoms with Gasteiger partial charge < -0.3 is 18.6 Å². The van der Waals surface area contributed by atoms with Crippen molar-refractivity contribution in [3.05, 3.63) is 267 Å². The van der Waals surface area contributed by atoms with Crippen LogP contribution in [0.15, 0.2) is 276 Å². The van der Waals surface area contributed by atoms with Crippen LogP contribution in [0, 0.1) is 0 Å². The maximum atomic E-state index is 7.38. The van der Waals surface area contributed by atoms with E-state index in [1.165, 1.54) is 78.0 Å². The lowest BCUT2D eigenvalue weighted by Crippen LogP contribution is -2.77. The van der Waals surface area contributed by atoms with E-state index in [2.05, 4.69) is 271 Å². The van der Waals surface area contributed by atoms with Crippen molar-refractivity contribution in [1.29, 1.82) is 0 Å². The Morgan fingerprint density at radius 2 is 0.886 bits per heavy atom. The average Bonchev–Trinajstić information content (AvgIpc) is 4.42. The first kappa shape index (κ1) is 44.6. The summed E-state index contributed by atoms with van der Waals surface area (Å²) in [7, 11) is -3.24. The molecule has 16 aromatic rings. The zero-order valence-corrected chi connectivity index (χ0v) is 45.1. The van der Waals surface area contributed by atoms with E-state index < -0.39 is 8.07 Å². The Hall–Kier alpha value is -9.50. The number of hydrogen-bond donors (Lipinski definition) is 0. The summed E-state index contributed by atoms with van der Waals surface area (Å²) in [5, 5.41) is 14.8. The van der Waals surface area contributed by atoms with Crippen molar-refractivity contribution >= 4 is 170 Å². The monoisotopic (exact) mass is 1060 g/mol. The first-order valence-electron chi connectivity index (χ1n) is 26.8. The zero-order chi connectivity index (χ0) is 51.8. The van der Waals surface area contributed by atoms with Crippen LogP contribution in [0.3, 0.4) is 0 Å². The summed E-state index contributed by atoms with van der Waals surface area (Å²) in [5.74, 6) is 0. The predicted molar refractivity (Wildman–Crippen MR) is 339 cm³/mol. The maximum Gasteiger partial charge on any atom is 0.184 e. The number of thiophene rings is 2. The van der Waals surface area contributed by atoms with Gasteiger partial charge in [0.15, 0.2) is 8.07 Å². The average molecular weight is 1060 g/mol. The number of anilines is 6. The van der Waals surface area contributed by atoms with E-state index in [9.17, 15) is 0 Å². The maximum absolute atomic E-state index is 7.38. The molecule has 0 unspecified atom stereocenters. The van der Waals surface area contributed by atoms with Crippen molar-refractivity contribution < 1.29 is 8.83 Å². The van der Waals surface area contributed by atoms with Gasteiger partial charge in [-0.1, -0.05) is 164 Å². The van der Waals surface area contributed by atoms with Gasteiger partial charge in [-0.2, -0.15) is 0 Å². The molecule has 7 heteroatoms. The van der Waals surface area contributed by atoms with Crippen LogP contribution in [-0.4, -0.2) is 8.07 Å². The summed E-state index contributed by atoms with van der Waals surface area (Å²) in [6.45, 7) is 0. The van der Waals surface area contributed by atoms with Crippen molar-refractivity contribution in [2.24, 2.45) is 0 Å². The Kier molecular flexibility index (Phi) is 9.74. The number of nitrogens with zero attached hydrogens (tertiary/aromatic N) is 2. The lowest BCUT2D eigenvalue weighted by Gasteiger charge is -2.45. The molecule has 0 aliphatic carbocycles. The highest BCUT2D eigenvalue weighted by atomic mass is 32.1. The van der Waals surface area contributed by atoms with Crippen molar-refractivity contribution in [2.45, 2.75) is 0 Å². The molecule has 0 N–H and O–H groups in total. The molecule has 4 aromatic heterocycles. The minimum Gasteiger partial charge on any atom is -0.456 e. The SMILES string of the molecule is c1ccc(-c2ccc(N(c3ccc4c(c3)oc3cc5c(cc34)N(c3ccccc3)c3ccccc3[Si]5(c3ccc4c(c3)sc3ccccc34)c3ccc4c(c3)sc3ccccc34)c3cccc4oc5ccccc5c34)cc2)cc1. The predicted octanol–water partition coefficient (Wildman–Crippen LogP) is 18.5. The smallest absolute Gasteiger partial charge is 0.184 e. The second-order valence-electron chi connectivity index (χ2n) is 20.7. The fraction of sp³-hybridized carbons (Fsp3) is 0. The zero-order valence-electron chi connectivity index (χ0n) is 42.4. The quantitative estimate of drug-likeness (QED) is 0.149. The van der Waals surface area contributed by atoms with Gasteiger partial charge in [-0.25, -0.2) is 0 Å². The van der Waals surface area contributed by atoms with E-state index >= 15 is 0 Å². The highest BCUT2D eigenvalue weighted by Crippen LogP contribution is 2.47.